The van der Waals surface area contributed by atoms with Gasteiger partial charge in [-0.3, -0.25) is 4.79 Å². The second kappa shape index (κ2) is 15.1. The Balaban J connectivity index is 1.49. The van der Waals surface area contributed by atoms with Crippen molar-refractivity contribution in [3.8, 4) is 22.8 Å². The van der Waals surface area contributed by atoms with Crippen LogP contribution in [0.3, 0.4) is 0 Å². The summed E-state index contributed by atoms with van der Waals surface area (Å²) < 4.78 is 60.1. The molecule has 0 saturated carbocycles. The maximum Gasteiger partial charge on any atom is 0.407 e. The van der Waals surface area contributed by atoms with E-state index in [9.17, 15) is 9.59 Å². The number of fused-ring (bicyclic) bond motifs is 1. The molecule has 46 heavy (non-hydrogen) atoms. The summed E-state index contributed by atoms with van der Waals surface area (Å²) in [5.74, 6) is -3.38. The molecule has 5 rings (SSSR count). The van der Waals surface area contributed by atoms with Gasteiger partial charge in [0.05, 0.1) is 30.3 Å². The summed E-state index contributed by atoms with van der Waals surface area (Å²) in [5, 5.41) is 2.29. The second-order valence-electron chi connectivity index (χ2n) is 11.1. The zero-order valence-corrected chi connectivity index (χ0v) is 26.2. The molecule has 246 valence electrons. The second-order valence-corrected chi connectivity index (χ2v) is 11.4. The zero-order chi connectivity index (χ0) is 32.7. The maximum absolute atomic E-state index is 16.3. The molecule has 10 nitrogen and oxygen atoms in total. The van der Waals surface area contributed by atoms with Gasteiger partial charge < -0.3 is 34.7 Å². The van der Waals surface area contributed by atoms with Crippen LogP contribution in [-0.4, -0.2) is 56.2 Å². The number of ether oxygens (including phenoxy) is 5. The first-order valence-electron chi connectivity index (χ1n) is 15.2. The van der Waals surface area contributed by atoms with E-state index in [0.29, 0.717) is 24.2 Å². The number of unbranched alkanes of at least 4 members (excludes halogenated alkanes) is 1. The van der Waals surface area contributed by atoms with Crippen LogP contribution < -0.4 is 20.5 Å². The van der Waals surface area contributed by atoms with E-state index in [4.69, 9.17) is 41.0 Å². The number of halogens is 3. The molecule has 0 radical (unpaired) electrons. The van der Waals surface area contributed by atoms with Crippen LogP contribution in [0.25, 0.3) is 11.1 Å². The normalized spacial score (nSPS) is 18.8. The number of nitrogens with two attached hydrogens (primary N) is 1. The fourth-order valence-corrected chi connectivity index (χ4v) is 5.80. The zero-order valence-electron chi connectivity index (χ0n) is 25.4. The van der Waals surface area contributed by atoms with Gasteiger partial charge in [0.15, 0.2) is 17.7 Å². The lowest BCUT2D eigenvalue weighted by molar-refractivity contribution is -0.165. The molecule has 0 spiro atoms. The average molecular weight is 660 g/mol. The van der Waals surface area contributed by atoms with Crippen LogP contribution in [0.15, 0.2) is 42.6 Å². The molecule has 2 aromatic carbocycles. The van der Waals surface area contributed by atoms with Crippen molar-refractivity contribution in [3.63, 3.8) is 0 Å². The number of aromatic nitrogens is 1. The third-order valence-corrected chi connectivity index (χ3v) is 8.24. The van der Waals surface area contributed by atoms with E-state index >= 15 is 8.78 Å². The van der Waals surface area contributed by atoms with Gasteiger partial charge in [-0.05, 0) is 31.2 Å². The predicted octanol–water partition coefficient (Wildman–Crippen LogP) is 6.06. The fourth-order valence-electron chi connectivity index (χ4n) is 5.54. The number of carbonyl (C=O) groups is 2. The van der Waals surface area contributed by atoms with E-state index in [1.54, 1.807) is 24.3 Å². The lowest BCUT2D eigenvalue weighted by Crippen LogP contribution is -2.44. The van der Waals surface area contributed by atoms with Crippen molar-refractivity contribution in [1.29, 1.82) is 0 Å². The van der Waals surface area contributed by atoms with E-state index in [1.165, 1.54) is 0 Å². The molecule has 2 amide bonds. The molecule has 2 atom stereocenters. The predicted molar refractivity (Wildman–Crippen MR) is 165 cm³/mol. The highest BCUT2D eigenvalue weighted by Crippen LogP contribution is 2.50. The number of nitrogens with zero attached hydrogens (tertiary/aromatic N) is 1. The molecule has 1 unspecified atom stereocenters. The molecular weight excluding hydrogens is 624 g/mol. The minimum atomic E-state index is -1.26. The van der Waals surface area contributed by atoms with E-state index in [2.05, 4.69) is 10.3 Å². The van der Waals surface area contributed by atoms with Gasteiger partial charge in [-0.2, -0.15) is 0 Å². The number of amides is 2. The highest BCUT2D eigenvalue weighted by molar-refractivity contribution is 6.34. The summed E-state index contributed by atoms with van der Waals surface area (Å²) in [6, 6.07) is 10.1. The Labute approximate surface area is 270 Å². The van der Waals surface area contributed by atoms with Gasteiger partial charge in [0, 0.05) is 42.0 Å². The van der Waals surface area contributed by atoms with Gasteiger partial charge in [-0.25, -0.2) is 18.6 Å². The number of hydrogen-bond donors (Lipinski definition) is 2. The molecule has 13 heteroatoms. The first kappa shape index (κ1) is 33.4. The Morgan fingerprint density at radius 1 is 1.15 bits per heavy atom. The van der Waals surface area contributed by atoms with Crippen molar-refractivity contribution in [2.24, 2.45) is 5.73 Å². The van der Waals surface area contributed by atoms with Crippen LogP contribution in [0.4, 0.5) is 13.6 Å². The molecule has 1 aromatic heterocycles. The molecule has 0 bridgehead atoms. The molecule has 3 N–H and O–H groups in total. The number of hydrogen-bond acceptors (Lipinski definition) is 8. The molecule has 1 saturated heterocycles. The maximum atomic E-state index is 16.3. The molecule has 0 aliphatic carbocycles. The lowest BCUT2D eigenvalue weighted by Gasteiger charge is -2.29. The van der Waals surface area contributed by atoms with Gasteiger partial charge in [-0.15, -0.1) is 0 Å². The smallest absolute Gasteiger partial charge is 0.407 e. The molecular formula is C33H36ClF2N3O7. The standard InChI is InChI=1S/C33H36ClF2N3O7/c1-2-3-12-45-32(41)39-19-33(20-9-5-4-6-10-20)17-21-24(46-33)16-23(35)28(34)26(21)27-22(30(37)40)18-38-31(29(27)36)44-15-14-43-25-11-7-8-13-42-25/h4-6,9-10,16,18,25H,2-3,7-8,11-15,17,19H2,1H3,(H2,37,40)(H,39,41)/t25?,33-/m1/s1. The largest absolute Gasteiger partial charge is 0.480 e. The van der Waals surface area contributed by atoms with Crippen molar-refractivity contribution < 1.29 is 42.1 Å². The number of pyridine rings is 1. The molecule has 2 aliphatic heterocycles. The summed E-state index contributed by atoms with van der Waals surface area (Å²) in [6.45, 7) is 2.77. The summed E-state index contributed by atoms with van der Waals surface area (Å²) in [5.41, 5.74) is 4.48. The highest BCUT2D eigenvalue weighted by Gasteiger charge is 2.44. The Kier molecular flexibility index (Phi) is 10.9. The third-order valence-electron chi connectivity index (χ3n) is 7.87. The van der Waals surface area contributed by atoms with Crippen molar-refractivity contribution in [1.82, 2.24) is 10.3 Å². The monoisotopic (exact) mass is 659 g/mol. The molecule has 1 fully saturated rings. The van der Waals surface area contributed by atoms with Gasteiger partial charge in [0.1, 0.15) is 18.2 Å². The van der Waals surface area contributed by atoms with Crippen LogP contribution in [-0.2, 0) is 26.2 Å². The van der Waals surface area contributed by atoms with Gasteiger partial charge >= 0.3 is 6.09 Å². The van der Waals surface area contributed by atoms with Crippen LogP contribution in [0.1, 0.15) is 60.5 Å². The summed E-state index contributed by atoms with van der Waals surface area (Å²) in [7, 11) is 0. The number of nitrogens with one attached hydrogen (secondary N) is 1. The summed E-state index contributed by atoms with van der Waals surface area (Å²) in [6.07, 6.45) is 4.30. The molecule has 3 heterocycles. The van der Waals surface area contributed by atoms with Crippen LogP contribution in [0.5, 0.6) is 11.6 Å². The highest BCUT2D eigenvalue weighted by atomic mass is 35.5. The van der Waals surface area contributed by atoms with Gasteiger partial charge in [0.2, 0.25) is 0 Å². The average Bonchev–Trinajstić information content (AvgIpc) is 3.43. The third kappa shape index (κ3) is 7.35. The van der Waals surface area contributed by atoms with Crippen molar-refractivity contribution >= 4 is 23.6 Å². The van der Waals surface area contributed by atoms with E-state index < -0.39 is 40.1 Å². The van der Waals surface area contributed by atoms with Gasteiger partial charge in [-0.1, -0.05) is 55.3 Å². The van der Waals surface area contributed by atoms with Gasteiger partial charge in [0.25, 0.3) is 11.8 Å². The first-order valence-corrected chi connectivity index (χ1v) is 15.6. The lowest BCUT2D eigenvalue weighted by atomic mass is 9.85. The summed E-state index contributed by atoms with van der Waals surface area (Å²) >= 11 is 6.53. The quantitative estimate of drug-likeness (QED) is 0.212. The Bertz CT molecular complexity index is 1560. The fraction of sp³-hybridized carbons (Fsp3) is 0.424. The number of carbonyl (C=O) groups excluding carboxylic acids is 2. The van der Waals surface area contributed by atoms with Crippen LogP contribution in [0, 0.1) is 11.6 Å². The van der Waals surface area contributed by atoms with Crippen molar-refractivity contribution in [2.75, 3.05) is 33.0 Å². The topological polar surface area (TPSA) is 131 Å². The van der Waals surface area contributed by atoms with E-state index in [0.717, 1.165) is 37.9 Å². The Hall–Kier alpha value is -4.00. The number of primary amides is 1. The van der Waals surface area contributed by atoms with E-state index in [-0.39, 0.29) is 61.5 Å². The Morgan fingerprint density at radius 3 is 2.67 bits per heavy atom. The minimum absolute atomic E-state index is 0.0162. The number of benzene rings is 2. The molecule has 2 aliphatic rings. The first-order chi connectivity index (χ1) is 22.2. The Morgan fingerprint density at radius 2 is 1.96 bits per heavy atom. The number of alkyl carbamates (subject to hydrolysis) is 1. The van der Waals surface area contributed by atoms with Crippen molar-refractivity contribution in [2.45, 2.75) is 57.3 Å². The minimum Gasteiger partial charge on any atom is -0.480 e. The van der Waals surface area contributed by atoms with Crippen molar-refractivity contribution in [3.05, 3.63) is 75.9 Å². The van der Waals surface area contributed by atoms with E-state index in [1.807, 2.05) is 13.0 Å². The van der Waals surface area contributed by atoms with Crippen LogP contribution in [0.2, 0.25) is 5.02 Å². The van der Waals surface area contributed by atoms with Crippen LogP contribution >= 0.6 is 11.6 Å². The summed E-state index contributed by atoms with van der Waals surface area (Å²) in [4.78, 5) is 29.0. The SMILES string of the molecule is CCCCOC(=O)NC[C@@]1(c2ccccc2)Cc2c(cc(F)c(Cl)c2-c2c(C(N)=O)cnc(OCCOC3CCCCO3)c2F)O1. The molecule has 3 aromatic rings. The number of rotatable bonds is 13.